The molecule has 2 aromatic rings. The lowest BCUT2D eigenvalue weighted by molar-refractivity contribution is -0.115. The molecule has 3 rings (SSSR count). The number of ether oxygens (including phenoxy) is 1. The van der Waals surface area contributed by atoms with Crippen molar-refractivity contribution in [3.8, 4) is 5.75 Å². The molecule has 1 aromatic carbocycles. The number of carbonyl (C=O) groups excluding carboxylic acids is 1. The molecular weight excluding hydrogens is 302 g/mol. The molecule has 1 N–H and O–H groups in total. The third-order valence-electron chi connectivity index (χ3n) is 3.12. The minimum absolute atomic E-state index is 0.277. The van der Waals surface area contributed by atoms with Crippen LogP contribution in [0.4, 0.5) is 0 Å². The first-order valence-corrected chi connectivity index (χ1v) is 6.91. The minimum Gasteiger partial charge on any atom is -0.496 e. The van der Waals surface area contributed by atoms with Gasteiger partial charge in [-0.15, -0.1) is 0 Å². The number of hydrogen-bond donors (Lipinski definition) is 1. The molecule has 0 unspecified atom stereocenters. The van der Waals surface area contributed by atoms with Crippen LogP contribution in [0.1, 0.15) is 11.1 Å². The average Bonchev–Trinajstić information content (AvgIpc) is 2.90. The summed E-state index contributed by atoms with van der Waals surface area (Å²) in [5.74, 6) is 0.820. The summed E-state index contributed by atoms with van der Waals surface area (Å²) in [6.45, 7) is 0. The maximum Gasteiger partial charge on any atom is 0.275 e. The SMILES string of the molecule is COc1ccc(Cl)cc1/C=C1/N=C(c2cccnc2)NC1=O. The second-order valence-corrected chi connectivity index (χ2v) is 5.01. The molecule has 0 radical (unpaired) electrons. The summed E-state index contributed by atoms with van der Waals surface area (Å²) in [5.41, 5.74) is 1.73. The van der Waals surface area contributed by atoms with Crippen molar-refractivity contribution in [2.45, 2.75) is 0 Å². The van der Waals surface area contributed by atoms with Crippen LogP contribution in [-0.4, -0.2) is 23.8 Å². The molecule has 6 heteroatoms. The number of nitrogens with zero attached hydrogens (tertiary/aromatic N) is 2. The van der Waals surface area contributed by atoms with Gasteiger partial charge in [-0.2, -0.15) is 0 Å². The van der Waals surface area contributed by atoms with E-state index in [0.717, 1.165) is 5.56 Å². The summed E-state index contributed by atoms with van der Waals surface area (Å²) >= 11 is 5.99. The Morgan fingerprint density at radius 1 is 1.32 bits per heavy atom. The summed E-state index contributed by atoms with van der Waals surface area (Å²) in [6, 6.07) is 8.80. The highest BCUT2D eigenvalue weighted by molar-refractivity contribution is 6.30. The van der Waals surface area contributed by atoms with E-state index in [-0.39, 0.29) is 5.91 Å². The number of rotatable bonds is 3. The first-order valence-electron chi connectivity index (χ1n) is 6.53. The van der Waals surface area contributed by atoms with Crippen LogP contribution in [0.2, 0.25) is 5.02 Å². The molecule has 22 heavy (non-hydrogen) atoms. The molecule has 1 aromatic heterocycles. The fourth-order valence-corrected chi connectivity index (χ4v) is 2.25. The first kappa shape index (κ1) is 14.3. The number of amides is 1. The Bertz CT molecular complexity index is 785. The van der Waals surface area contributed by atoms with Gasteiger partial charge < -0.3 is 10.1 Å². The predicted molar refractivity (Wildman–Crippen MR) is 84.9 cm³/mol. The van der Waals surface area contributed by atoms with Crippen molar-refractivity contribution in [1.82, 2.24) is 10.3 Å². The van der Waals surface area contributed by atoms with E-state index >= 15 is 0 Å². The molecule has 0 saturated heterocycles. The Labute approximate surface area is 132 Å². The van der Waals surface area contributed by atoms with E-state index in [2.05, 4.69) is 15.3 Å². The molecule has 5 nitrogen and oxygen atoms in total. The van der Waals surface area contributed by atoms with Crippen molar-refractivity contribution in [2.24, 2.45) is 4.99 Å². The minimum atomic E-state index is -0.277. The Balaban J connectivity index is 2.00. The Kier molecular flexibility index (Phi) is 3.89. The molecular formula is C16H12ClN3O2. The van der Waals surface area contributed by atoms with Gasteiger partial charge in [-0.05, 0) is 36.4 Å². The number of pyridine rings is 1. The third kappa shape index (κ3) is 2.84. The quantitative estimate of drug-likeness (QED) is 0.886. The maximum absolute atomic E-state index is 12.1. The maximum atomic E-state index is 12.1. The number of aromatic nitrogens is 1. The summed E-state index contributed by atoms with van der Waals surface area (Å²) in [6.07, 6.45) is 4.94. The third-order valence-corrected chi connectivity index (χ3v) is 3.35. The topological polar surface area (TPSA) is 63.6 Å². The van der Waals surface area contributed by atoms with Crippen molar-refractivity contribution >= 4 is 29.4 Å². The molecule has 1 aliphatic rings. The van der Waals surface area contributed by atoms with Crippen LogP contribution in [-0.2, 0) is 4.79 Å². The lowest BCUT2D eigenvalue weighted by atomic mass is 10.1. The highest BCUT2D eigenvalue weighted by atomic mass is 35.5. The highest BCUT2D eigenvalue weighted by Crippen LogP contribution is 2.26. The number of hydrogen-bond acceptors (Lipinski definition) is 4. The average molecular weight is 314 g/mol. The van der Waals surface area contributed by atoms with Crippen LogP contribution >= 0.6 is 11.6 Å². The van der Waals surface area contributed by atoms with E-state index in [4.69, 9.17) is 16.3 Å². The summed E-state index contributed by atoms with van der Waals surface area (Å²) in [4.78, 5) is 20.4. The fourth-order valence-electron chi connectivity index (χ4n) is 2.07. The molecule has 0 saturated carbocycles. The molecule has 0 spiro atoms. The monoisotopic (exact) mass is 313 g/mol. The van der Waals surface area contributed by atoms with Crippen molar-refractivity contribution in [2.75, 3.05) is 7.11 Å². The normalized spacial score (nSPS) is 15.6. The summed E-state index contributed by atoms with van der Waals surface area (Å²) in [7, 11) is 1.56. The molecule has 0 atom stereocenters. The van der Waals surface area contributed by atoms with Crippen LogP contribution in [0.25, 0.3) is 6.08 Å². The van der Waals surface area contributed by atoms with E-state index in [1.807, 2.05) is 6.07 Å². The van der Waals surface area contributed by atoms with E-state index in [0.29, 0.717) is 27.9 Å². The molecule has 0 aliphatic carbocycles. The summed E-state index contributed by atoms with van der Waals surface area (Å²) < 4.78 is 5.26. The number of benzene rings is 1. The van der Waals surface area contributed by atoms with Crippen LogP contribution in [0.3, 0.4) is 0 Å². The largest absolute Gasteiger partial charge is 0.496 e. The predicted octanol–water partition coefficient (Wildman–Crippen LogP) is 2.66. The summed E-state index contributed by atoms with van der Waals surface area (Å²) in [5, 5.41) is 3.28. The number of halogens is 1. The first-order chi connectivity index (χ1) is 10.7. The van der Waals surface area contributed by atoms with Gasteiger partial charge in [-0.25, -0.2) is 4.99 Å². The molecule has 0 bridgehead atoms. The number of aliphatic imine (C=N–C) groups is 1. The van der Waals surface area contributed by atoms with Gasteiger partial charge in [0.15, 0.2) is 0 Å². The van der Waals surface area contributed by atoms with Crippen LogP contribution in [0, 0.1) is 0 Å². The Morgan fingerprint density at radius 3 is 2.91 bits per heavy atom. The van der Waals surface area contributed by atoms with Gasteiger partial charge in [-0.1, -0.05) is 11.6 Å². The second-order valence-electron chi connectivity index (χ2n) is 4.57. The van der Waals surface area contributed by atoms with E-state index in [1.165, 1.54) is 0 Å². The van der Waals surface area contributed by atoms with Crippen LogP contribution in [0.15, 0.2) is 53.4 Å². The van der Waals surface area contributed by atoms with Crippen molar-refractivity contribution < 1.29 is 9.53 Å². The number of nitrogens with one attached hydrogen (secondary N) is 1. The molecule has 0 fully saturated rings. The Hall–Kier alpha value is -2.66. The van der Waals surface area contributed by atoms with Gasteiger partial charge in [0.05, 0.1) is 7.11 Å². The van der Waals surface area contributed by atoms with Gasteiger partial charge >= 0.3 is 0 Å². The van der Waals surface area contributed by atoms with E-state index < -0.39 is 0 Å². The van der Waals surface area contributed by atoms with Crippen LogP contribution in [0.5, 0.6) is 5.75 Å². The van der Waals surface area contributed by atoms with Crippen molar-refractivity contribution in [3.63, 3.8) is 0 Å². The molecule has 110 valence electrons. The lowest BCUT2D eigenvalue weighted by Gasteiger charge is -2.05. The van der Waals surface area contributed by atoms with Gasteiger partial charge in [-0.3, -0.25) is 9.78 Å². The van der Waals surface area contributed by atoms with Gasteiger partial charge in [0, 0.05) is 28.5 Å². The number of amidine groups is 1. The van der Waals surface area contributed by atoms with Crippen molar-refractivity contribution in [1.29, 1.82) is 0 Å². The zero-order valence-corrected chi connectivity index (χ0v) is 12.5. The van der Waals surface area contributed by atoms with Gasteiger partial charge in [0.1, 0.15) is 17.3 Å². The zero-order valence-electron chi connectivity index (χ0n) is 11.7. The van der Waals surface area contributed by atoms with Crippen molar-refractivity contribution in [3.05, 3.63) is 64.6 Å². The Morgan fingerprint density at radius 2 is 2.18 bits per heavy atom. The van der Waals surface area contributed by atoms with E-state index in [9.17, 15) is 4.79 Å². The fraction of sp³-hybridized carbons (Fsp3) is 0.0625. The lowest BCUT2D eigenvalue weighted by Crippen LogP contribution is -2.24. The van der Waals surface area contributed by atoms with Gasteiger partial charge in [0.2, 0.25) is 0 Å². The zero-order chi connectivity index (χ0) is 15.5. The second kappa shape index (κ2) is 5.99. The van der Waals surface area contributed by atoms with Gasteiger partial charge in [0.25, 0.3) is 5.91 Å². The highest BCUT2D eigenvalue weighted by Gasteiger charge is 2.21. The standard InChI is InChI=1S/C16H12ClN3O2/c1-22-14-5-4-12(17)7-11(14)8-13-16(21)20-15(19-13)10-3-2-6-18-9-10/h2-9H,1H3,(H,19,20,21)/b13-8+. The molecule has 1 amide bonds. The smallest absolute Gasteiger partial charge is 0.275 e. The number of carbonyl (C=O) groups is 1. The van der Waals surface area contributed by atoms with Crippen LogP contribution < -0.4 is 10.1 Å². The van der Waals surface area contributed by atoms with E-state index in [1.54, 1.807) is 49.8 Å². The number of methoxy groups -OCH3 is 1. The molecule has 1 aliphatic heterocycles. The molecule has 2 heterocycles.